The molecule has 46 heavy (non-hydrogen) atoms. The minimum absolute atomic E-state index is 0.786. The van der Waals surface area contributed by atoms with Crippen LogP contribution in [-0.4, -0.2) is 48.1 Å². The van der Waals surface area contributed by atoms with E-state index in [4.69, 9.17) is 0 Å². The molecule has 0 aromatic heterocycles. The minimum Gasteiger partial charge on any atom is -0.300 e. The molecule has 2 nitrogen and oxygen atoms in total. The molecule has 14 atom stereocenters. The zero-order valence-corrected chi connectivity index (χ0v) is 28.9. The number of likely N-dealkylation sites (tertiary alicyclic amines) is 2. The third-order valence-electron chi connectivity index (χ3n) is 16.6. The van der Waals surface area contributed by atoms with E-state index >= 15 is 0 Å². The van der Waals surface area contributed by atoms with E-state index in [1.165, 1.54) is 114 Å². The molecule has 6 saturated carbocycles. The van der Waals surface area contributed by atoms with Crippen molar-refractivity contribution in [2.45, 2.75) is 139 Å². The first-order chi connectivity index (χ1) is 22.7. The zero-order chi connectivity index (χ0) is 30.5. The Bertz CT molecular complexity index is 1280. The predicted molar refractivity (Wildman–Crippen MR) is 190 cm³/mol. The predicted octanol–water partition coefficient (Wildman–Crippen LogP) is 10.1. The molecule has 0 bridgehead atoms. The van der Waals surface area contributed by atoms with Gasteiger partial charge in [0.2, 0.25) is 0 Å². The van der Waals surface area contributed by atoms with Crippen LogP contribution in [0.4, 0.5) is 0 Å². The van der Waals surface area contributed by atoms with Crippen LogP contribution in [0, 0.1) is 47.3 Å². The third-order valence-corrected chi connectivity index (χ3v) is 16.6. The van der Waals surface area contributed by atoms with E-state index in [9.17, 15) is 0 Å². The summed E-state index contributed by atoms with van der Waals surface area (Å²) in [5.41, 5.74) is 6.21. The molecule has 0 N–H and O–H groups in total. The molecule has 14 unspecified atom stereocenters. The van der Waals surface area contributed by atoms with Crippen LogP contribution in [0.15, 0.2) is 48.5 Å². The average molecular weight is 617 g/mol. The minimum atomic E-state index is 0.786. The van der Waals surface area contributed by atoms with Gasteiger partial charge in [0.15, 0.2) is 0 Å². The van der Waals surface area contributed by atoms with Gasteiger partial charge >= 0.3 is 0 Å². The molecule has 6 aliphatic carbocycles. The summed E-state index contributed by atoms with van der Waals surface area (Å²) in [6.45, 7) is 0. The van der Waals surface area contributed by atoms with Crippen LogP contribution in [0.5, 0.6) is 0 Å². The number of fused-ring (bicyclic) bond motifs is 10. The number of benzene rings is 2. The monoisotopic (exact) mass is 616 g/mol. The van der Waals surface area contributed by atoms with Crippen LogP contribution in [0.25, 0.3) is 11.1 Å². The van der Waals surface area contributed by atoms with Gasteiger partial charge in [-0.3, -0.25) is 9.80 Å². The van der Waals surface area contributed by atoms with Gasteiger partial charge in [-0.2, -0.15) is 0 Å². The molecule has 2 saturated heterocycles. The van der Waals surface area contributed by atoms with E-state index in [0.717, 1.165) is 83.3 Å². The highest BCUT2D eigenvalue weighted by Crippen LogP contribution is 2.64. The lowest BCUT2D eigenvalue weighted by atomic mass is 9.69. The van der Waals surface area contributed by atoms with Crippen molar-refractivity contribution in [1.82, 2.24) is 9.80 Å². The van der Waals surface area contributed by atoms with Crippen molar-refractivity contribution < 1.29 is 0 Å². The molecule has 246 valence electrons. The smallest absolute Gasteiger partial charge is 0.0164 e. The van der Waals surface area contributed by atoms with E-state index < -0.39 is 0 Å². The molecule has 2 aromatic carbocycles. The summed E-state index contributed by atoms with van der Waals surface area (Å²) in [5, 5.41) is 0. The van der Waals surface area contributed by atoms with Crippen molar-refractivity contribution in [3.63, 3.8) is 0 Å². The van der Waals surface area contributed by atoms with Gasteiger partial charge < -0.3 is 0 Å². The van der Waals surface area contributed by atoms with Gasteiger partial charge in [-0.25, -0.2) is 0 Å². The fraction of sp³-hybridized carbons (Fsp3) is 0.727. The van der Waals surface area contributed by atoms with Gasteiger partial charge in [0.05, 0.1) is 0 Å². The van der Waals surface area contributed by atoms with Crippen molar-refractivity contribution >= 4 is 0 Å². The summed E-state index contributed by atoms with van der Waals surface area (Å²) in [6, 6.07) is 23.8. The summed E-state index contributed by atoms with van der Waals surface area (Å²) >= 11 is 0. The average Bonchev–Trinajstić information content (AvgIpc) is 3.81. The first-order valence-corrected chi connectivity index (χ1v) is 20.3. The van der Waals surface area contributed by atoms with E-state index in [1.807, 2.05) is 0 Å². The molecule has 10 rings (SSSR count). The van der Waals surface area contributed by atoms with Crippen LogP contribution in [0.1, 0.15) is 126 Å². The molecule has 8 aliphatic rings. The zero-order valence-electron chi connectivity index (χ0n) is 28.9. The first kappa shape index (κ1) is 29.3. The van der Waals surface area contributed by atoms with Crippen molar-refractivity contribution in [1.29, 1.82) is 0 Å². The van der Waals surface area contributed by atoms with E-state index in [-0.39, 0.29) is 0 Å². The Balaban J connectivity index is 0.930. The van der Waals surface area contributed by atoms with Crippen molar-refractivity contribution in [2.24, 2.45) is 47.3 Å². The summed E-state index contributed by atoms with van der Waals surface area (Å²) in [5.74, 6) is 8.94. The SMILES string of the molecule is CN1C2CCCCC2C2C(c3ccc(-c4ccc(C5C6CCCCC6C6C5C5CCCCC5N6C)cc4)cc3)C3CCCCC3C21. The number of nitrogens with zero attached hydrogens (tertiary/aromatic N) is 2. The maximum absolute atomic E-state index is 2.92. The lowest BCUT2D eigenvalue weighted by Gasteiger charge is -2.39. The number of rotatable bonds is 3. The Morgan fingerprint density at radius 1 is 0.391 bits per heavy atom. The quantitative estimate of drug-likeness (QED) is 0.339. The molecule has 0 radical (unpaired) electrons. The molecular weight excluding hydrogens is 556 g/mol. The fourth-order valence-corrected chi connectivity index (χ4v) is 15.2. The second-order valence-electron chi connectivity index (χ2n) is 18.0. The van der Waals surface area contributed by atoms with Crippen LogP contribution in [0.2, 0.25) is 0 Å². The molecular formula is C44H60N2. The Kier molecular flexibility index (Phi) is 7.30. The Hall–Kier alpha value is -1.64. The van der Waals surface area contributed by atoms with Gasteiger partial charge in [0, 0.05) is 24.2 Å². The standard InChI is InChI=1S/C44H60N2/c1-45-37-17-9-7-15-35(37)41-39(31-11-3-5-13-33(31)43(41)45)29-23-19-27(20-24-29)28-21-25-30(26-22-28)40-32-12-4-6-14-34(32)44-42(40)36-16-8-10-18-38(36)46(44)2/h19-26,31-44H,3-18H2,1-2H3. The highest BCUT2D eigenvalue weighted by molar-refractivity contribution is 5.64. The Morgan fingerprint density at radius 3 is 1.11 bits per heavy atom. The van der Waals surface area contributed by atoms with Crippen molar-refractivity contribution in [3.8, 4) is 11.1 Å². The molecule has 0 spiro atoms. The highest BCUT2D eigenvalue weighted by Gasteiger charge is 2.62. The molecule has 8 fully saturated rings. The van der Waals surface area contributed by atoms with Crippen molar-refractivity contribution in [3.05, 3.63) is 59.7 Å². The maximum Gasteiger partial charge on any atom is 0.0164 e. The second kappa shape index (κ2) is 11.5. The highest BCUT2D eigenvalue weighted by atomic mass is 15.2. The first-order valence-electron chi connectivity index (χ1n) is 20.3. The summed E-state index contributed by atoms with van der Waals surface area (Å²) < 4.78 is 0. The van der Waals surface area contributed by atoms with Gasteiger partial charge in [0.25, 0.3) is 0 Å². The van der Waals surface area contributed by atoms with Crippen LogP contribution >= 0.6 is 0 Å². The maximum atomic E-state index is 2.92. The Labute approximate surface area is 280 Å². The van der Waals surface area contributed by atoms with E-state index in [1.54, 1.807) is 11.1 Å². The van der Waals surface area contributed by atoms with E-state index in [0.29, 0.717) is 0 Å². The topological polar surface area (TPSA) is 6.48 Å². The van der Waals surface area contributed by atoms with Crippen molar-refractivity contribution in [2.75, 3.05) is 14.1 Å². The lowest BCUT2D eigenvalue weighted by Crippen LogP contribution is -2.40. The van der Waals surface area contributed by atoms with Crippen LogP contribution in [0.3, 0.4) is 0 Å². The largest absolute Gasteiger partial charge is 0.300 e. The second-order valence-corrected chi connectivity index (χ2v) is 18.0. The van der Waals surface area contributed by atoms with E-state index in [2.05, 4.69) is 72.4 Å². The number of hydrogen-bond donors (Lipinski definition) is 0. The van der Waals surface area contributed by atoms with Crippen LogP contribution in [-0.2, 0) is 0 Å². The summed E-state index contributed by atoms with van der Waals surface area (Å²) in [4.78, 5) is 5.85. The summed E-state index contributed by atoms with van der Waals surface area (Å²) in [6.07, 6.45) is 23.5. The fourth-order valence-electron chi connectivity index (χ4n) is 15.2. The molecule has 2 heterocycles. The normalized spacial score (nSPS) is 46.7. The molecule has 2 heteroatoms. The third kappa shape index (κ3) is 4.26. The number of hydrogen-bond acceptors (Lipinski definition) is 2. The van der Waals surface area contributed by atoms with Crippen LogP contribution < -0.4 is 0 Å². The van der Waals surface area contributed by atoms with Gasteiger partial charge in [0.1, 0.15) is 0 Å². The van der Waals surface area contributed by atoms with Gasteiger partial charge in [-0.05, 0) is 147 Å². The molecule has 0 amide bonds. The molecule has 2 aromatic rings. The van der Waals surface area contributed by atoms with Gasteiger partial charge in [-0.15, -0.1) is 0 Å². The van der Waals surface area contributed by atoms with Gasteiger partial charge in [-0.1, -0.05) is 99.9 Å². The Morgan fingerprint density at radius 2 is 0.717 bits per heavy atom. The summed E-state index contributed by atoms with van der Waals surface area (Å²) in [7, 11) is 5.04. The molecule has 2 aliphatic heterocycles. The lowest BCUT2D eigenvalue weighted by molar-refractivity contribution is 0.115.